The summed E-state index contributed by atoms with van der Waals surface area (Å²) in [6, 6.07) is 11.9. The van der Waals surface area contributed by atoms with Crippen LogP contribution in [0.2, 0.25) is 0 Å². The van der Waals surface area contributed by atoms with Gasteiger partial charge in [-0.3, -0.25) is 0 Å². The van der Waals surface area contributed by atoms with Crippen molar-refractivity contribution in [3.63, 3.8) is 0 Å². The summed E-state index contributed by atoms with van der Waals surface area (Å²) in [5, 5.41) is 14.8. The minimum atomic E-state index is -4.13. The van der Waals surface area contributed by atoms with Crippen molar-refractivity contribution < 1.29 is 42.0 Å². The normalized spacial score (nSPS) is 22.9. The predicted octanol–water partition coefficient (Wildman–Crippen LogP) is 3.07. The number of nitrogens with one attached hydrogen (secondary N) is 2. The van der Waals surface area contributed by atoms with E-state index in [2.05, 4.69) is 10.0 Å². The first kappa shape index (κ1) is 33.4. The summed E-state index contributed by atoms with van der Waals surface area (Å²) in [5.41, 5.74) is 6.21. The minimum absolute atomic E-state index is 0.00886. The van der Waals surface area contributed by atoms with E-state index in [1.807, 2.05) is 44.2 Å². The number of hydrogen-bond donors (Lipinski definition) is 4. The Kier molecular flexibility index (Phi) is 10.9. The van der Waals surface area contributed by atoms with E-state index in [0.29, 0.717) is 31.1 Å². The van der Waals surface area contributed by atoms with Gasteiger partial charge in [0.15, 0.2) is 17.8 Å². The first-order chi connectivity index (χ1) is 21.5. The van der Waals surface area contributed by atoms with Gasteiger partial charge in [0.25, 0.3) is 0 Å². The molecule has 6 atom stereocenters. The Morgan fingerprint density at radius 1 is 1.09 bits per heavy atom. The molecule has 12 nitrogen and oxygen atoms in total. The zero-order valence-electron chi connectivity index (χ0n) is 25.9. The number of hydrogen-bond acceptors (Lipinski definition) is 10. The highest BCUT2D eigenvalue weighted by molar-refractivity contribution is 7.89. The molecule has 2 aromatic rings. The molecular formula is C32H45N3O9S. The van der Waals surface area contributed by atoms with E-state index in [4.69, 9.17) is 29.4 Å². The molecule has 5 N–H and O–H groups in total. The Bertz CT molecular complexity index is 1390. The van der Waals surface area contributed by atoms with E-state index < -0.39 is 40.4 Å². The molecule has 0 saturated carbocycles. The molecule has 3 heterocycles. The molecule has 3 aliphatic rings. The quantitative estimate of drug-likeness (QED) is 0.211. The topological polar surface area (TPSA) is 168 Å². The number of aliphatic hydroxyl groups is 1. The number of aliphatic hydroxyl groups excluding tert-OH is 1. The zero-order valence-corrected chi connectivity index (χ0v) is 26.7. The zero-order chi connectivity index (χ0) is 32.0. The second-order valence-electron chi connectivity index (χ2n) is 12.8. The van der Waals surface area contributed by atoms with Crippen LogP contribution in [0.4, 0.5) is 4.79 Å². The van der Waals surface area contributed by atoms with Crippen molar-refractivity contribution >= 4 is 16.1 Å². The van der Waals surface area contributed by atoms with Gasteiger partial charge in [0, 0.05) is 6.07 Å². The Morgan fingerprint density at radius 3 is 2.64 bits per heavy atom. The van der Waals surface area contributed by atoms with Gasteiger partial charge in [0.2, 0.25) is 16.8 Å². The van der Waals surface area contributed by atoms with Crippen molar-refractivity contribution in [2.24, 2.45) is 17.1 Å². The summed E-state index contributed by atoms with van der Waals surface area (Å²) in [4.78, 5) is 13.3. The lowest BCUT2D eigenvalue weighted by atomic mass is 9.79. The van der Waals surface area contributed by atoms with Crippen LogP contribution in [0.25, 0.3) is 0 Å². The Balaban J connectivity index is 1.39. The molecule has 5 rings (SSSR count). The molecule has 0 aromatic heterocycles. The van der Waals surface area contributed by atoms with Gasteiger partial charge in [-0.2, -0.15) is 0 Å². The fourth-order valence-electron chi connectivity index (χ4n) is 6.26. The number of ether oxygens (including phenoxy) is 5. The molecular weight excluding hydrogens is 602 g/mol. The highest BCUT2D eigenvalue weighted by Crippen LogP contribution is 2.36. The van der Waals surface area contributed by atoms with Crippen molar-refractivity contribution in [2.75, 3.05) is 26.6 Å². The van der Waals surface area contributed by atoms with Crippen LogP contribution in [0.1, 0.15) is 51.5 Å². The highest BCUT2D eigenvalue weighted by atomic mass is 32.2. The summed E-state index contributed by atoms with van der Waals surface area (Å²) in [6.07, 6.45) is 0.819. The van der Waals surface area contributed by atoms with Gasteiger partial charge in [0.05, 0.1) is 42.2 Å². The van der Waals surface area contributed by atoms with Gasteiger partial charge in [-0.15, -0.1) is 0 Å². The summed E-state index contributed by atoms with van der Waals surface area (Å²) in [7, 11) is -4.13. The van der Waals surface area contributed by atoms with Crippen LogP contribution in [0, 0.1) is 11.3 Å². The van der Waals surface area contributed by atoms with Gasteiger partial charge in [-0.1, -0.05) is 50.6 Å². The second kappa shape index (κ2) is 14.7. The summed E-state index contributed by atoms with van der Waals surface area (Å²) >= 11 is 0. The smallest absolute Gasteiger partial charge is 0.407 e. The van der Waals surface area contributed by atoms with Crippen LogP contribution in [0.3, 0.4) is 0 Å². The van der Waals surface area contributed by atoms with Crippen LogP contribution < -0.4 is 25.2 Å². The number of carbonyl (C=O) groups is 1. The van der Waals surface area contributed by atoms with Crippen molar-refractivity contribution in [3.8, 4) is 11.5 Å². The Morgan fingerprint density at radius 2 is 1.87 bits per heavy atom. The minimum Gasteiger partial charge on any atom is -0.454 e. The molecule has 13 heteroatoms. The van der Waals surface area contributed by atoms with Gasteiger partial charge in [-0.25, -0.2) is 17.9 Å². The summed E-state index contributed by atoms with van der Waals surface area (Å²) < 4.78 is 57.9. The van der Waals surface area contributed by atoms with E-state index in [1.54, 1.807) is 6.07 Å². The number of benzene rings is 2. The predicted molar refractivity (Wildman–Crippen MR) is 165 cm³/mol. The molecule has 1 amide bonds. The number of amides is 1. The number of unbranched alkanes of at least 4 members (excludes halogenated alkanes) is 1. The van der Waals surface area contributed by atoms with Gasteiger partial charge >= 0.3 is 6.09 Å². The first-order valence-electron chi connectivity index (χ1n) is 15.6. The molecule has 0 spiro atoms. The second-order valence-corrected chi connectivity index (χ2v) is 14.5. The first-order valence-corrected chi connectivity index (χ1v) is 17.1. The monoisotopic (exact) mass is 647 g/mol. The van der Waals surface area contributed by atoms with Crippen molar-refractivity contribution in [1.29, 1.82) is 0 Å². The number of nitrogens with two attached hydrogens (primary N) is 1. The van der Waals surface area contributed by atoms with E-state index in [9.17, 15) is 18.3 Å². The van der Waals surface area contributed by atoms with Crippen LogP contribution >= 0.6 is 0 Å². The van der Waals surface area contributed by atoms with Crippen molar-refractivity contribution in [3.05, 3.63) is 54.1 Å². The molecule has 45 heavy (non-hydrogen) atoms. The van der Waals surface area contributed by atoms with Gasteiger partial charge in [0.1, 0.15) is 6.10 Å². The Hall–Kier alpha value is -2.94. The van der Waals surface area contributed by atoms with Crippen LogP contribution in [-0.4, -0.2) is 76.8 Å². The molecule has 3 aliphatic heterocycles. The van der Waals surface area contributed by atoms with E-state index >= 15 is 0 Å². The van der Waals surface area contributed by atoms with Crippen molar-refractivity contribution in [1.82, 2.24) is 10.0 Å². The van der Waals surface area contributed by atoms with Gasteiger partial charge in [-0.05, 0) is 61.8 Å². The SMILES string of the molecule is CC(C)(CCCCN)CC(NS(=O)(=O)c1ccc2c(c1)OCO2)[C@H](O)[C@H](Cc1ccccc1)NC(=O)O[C@H]1CO[C@H]2OCC[C@H]21. The summed E-state index contributed by atoms with van der Waals surface area (Å²) in [5.74, 6) is 0.735. The van der Waals surface area contributed by atoms with Crippen LogP contribution in [-0.2, 0) is 30.7 Å². The van der Waals surface area contributed by atoms with Crippen molar-refractivity contribution in [2.45, 2.75) is 87.8 Å². The third kappa shape index (κ3) is 8.66. The van der Waals surface area contributed by atoms with Crippen LogP contribution in [0.5, 0.6) is 11.5 Å². The fourth-order valence-corrected chi connectivity index (χ4v) is 7.53. The highest BCUT2D eigenvalue weighted by Gasteiger charge is 2.44. The molecule has 2 fully saturated rings. The number of rotatable bonds is 15. The number of sulfonamides is 1. The summed E-state index contributed by atoms with van der Waals surface area (Å²) in [6.45, 7) is 5.40. The number of carbonyl (C=O) groups excluding carboxylic acids is 1. The van der Waals surface area contributed by atoms with Crippen LogP contribution in [0.15, 0.2) is 53.4 Å². The lowest BCUT2D eigenvalue weighted by Gasteiger charge is -2.36. The van der Waals surface area contributed by atoms with E-state index in [1.165, 1.54) is 12.1 Å². The largest absolute Gasteiger partial charge is 0.454 e. The molecule has 2 saturated heterocycles. The maximum absolute atomic E-state index is 13.8. The molecule has 248 valence electrons. The third-order valence-electron chi connectivity index (χ3n) is 8.71. The average Bonchev–Trinajstić information content (AvgIpc) is 3.75. The maximum atomic E-state index is 13.8. The van der Waals surface area contributed by atoms with Gasteiger partial charge < -0.3 is 39.8 Å². The average molecular weight is 648 g/mol. The number of alkyl carbamates (subject to hydrolysis) is 1. The lowest BCUT2D eigenvalue weighted by Crippen LogP contribution is -2.56. The fraction of sp³-hybridized carbons (Fsp3) is 0.594. The molecule has 0 bridgehead atoms. The maximum Gasteiger partial charge on any atom is 0.407 e. The molecule has 0 aliphatic carbocycles. The standard InChI is InChI=1S/C32H45N3O9S/c1-32(2,13-6-7-14-33)18-25(35-45(38,39)22-10-11-26-27(17-22)43-20-42-26)29(36)24(16-21-8-4-3-5-9-21)34-31(37)44-28-19-41-30-23(28)12-15-40-30/h3-5,8-11,17,23-25,28-30,35-36H,6-7,12-16,18-20,33H2,1-2H3,(H,34,37)/t23-,24-,25?,28-,29+,30+/m0/s1. The number of fused-ring (bicyclic) bond motifs is 2. The molecule has 0 radical (unpaired) electrons. The molecule has 2 aromatic carbocycles. The third-order valence-corrected chi connectivity index (χ3v) is 10.2. The lowest BCUT2D eigenvalue weighted by molar-refractivity contribution is -0.0907. The van der Waals surface area contributed by atoms with E-state index in [-0.39, 0.29) is 42.3 Å². The molecule has 1 unspecified atom stereocenters. The Labute approximate surface area is 264 Å². The van der Waals surface area contributed by atoms with E-state index in [0.717, 1.165) is 31.2 Å².